The lowest BCUT2D eigenvalue weighted by Gasteiger charge is -2.41. The van der Waals surface area contributed by atoms with Crippen LogP contribution in [0.3, 0.4) is 0 Å². The number of carbonyl (C=O) groups is 2. The fraction of sp³-hybridized carbons (Fsp3) is 0.857. The molecule has 1 rings (SSSR count). The quantitative estimate of drug-likeness (QED) is 0.712. The Kier molecular flexibility index (Phi) is 6.26. The second-order valence-electron chi connectivity index (χ2n) is 5.86. The van der Waals surface area contributed by atoms with Crippen LogP contribution in [0.15, 0.2) is 0 Å². The second kappa shape index (κ2) is 7.47. The highest BCUT2D eigenvalue weighted by Crippen LogP contribution is 2.43. The lowest BCUT2D eigenvalue weighted by atomic mass is 9.66. The molecule has 0 heterocycles. The highest BCUT2D eigenvalue weighted by atomic mass is 16.5. The number of nitrogens with zero attached hydrogens (tertiary/aromatic N) is 1. The third-order valence-corrected chi connectivity index (χ3v) is 3.98. The van der Waals surface area contributed by atoms with Crippen LogP contribution in [0.25, 0.3) is 0 Å². The summed E-state index contributed by atoms with van der Waals surface area (Å²) >= 11 is 0. The van der Waals surface area contributed by atoms with E-state index in [0.717, 1.165) is 19.3 Å². The zero-order valence-electron chi connectivity index (χ0n) is 12.6. The van der Waals surface area contributed by atoms with Gasteiger partial charge in [0.1, 0.15) is 0 Å². The Hall–Kier alpha value is -1.30. The summed E-state index contributed by atoms with van der Waals surface area (Å²) in [7, 11) is 1.60. The van der Waals surface area contributed by atoms with Crippen LogP contribution in [-0.2, 0) is 9.53 Å². The van der Waals surface area contributed by atoms with Gasteiger partial charge in [-0.05, 0) is 32.1 Å². The molecular weight excluding hydrogens is 260 g/mol. The molecule has 2 N–H and O–H groups in total. The van der Waals surface area contributed by atoms with Crippen LogP contribution in [0.5, 0.6) is 0 Å². The molecule has 1 saturated carbocycles. The molecule has 1 fully saturated rings. The maximum Gasteiger partial charge on any atom is 0.317 e. The van der Waals surface area contributed by atoms with Gasteiger partial charge in [-0.2, -0.15) is 0 Å². The van der Waals surface area contributed by atoms with Crippen LogP contribution in [-0.4, -0.2) is 54.9 Å². The number of carboxylic acids is 1. The number of carbonyl (C=O) groups excluding carboxylic acids is 1. The van der Waals surface area contributed by atoms with E-state index >= 15 is 0 Å². The number of hydrogen-bond donors (Lipinski definition) is 2. The minimum absolute atomic E-state index is 0.0852. The number of rotatable bonds is 8. The van der Waals surface area contributed by atoms with Crippen LogP contribution < -0.4 is 5.32 Å². The van der Waals surface area contributed by atoms with E-state index in [1.165, 1.54) is 0 Å². The number of aliphatic carboxylic acids is 1. The highest BCUT2D eigenvalue weighted by Gasteiger charge is 2.39. The van der Waals surface area contributed by atoms with Crippen molar-refractivity contribution in [3.05, 3.63) is 0 Å². The molecule has 0 unspecified atom stereocenters. The SMILES string of the molecule is COCCN(C(=O)NCC1(CC(=O)O)CCC1)C(C)C. The molecule has 0 spiro atoms. The van der Waals surface area contributed by atoms with Crippen molar-refractivity contribution >= 4 is 12.0 Å². The first-order chi connectivity index (χ1) is 9.40. The Morgan fingerprint density at radius 1 is 1.40 bits per heavy atom. The molecule has 1 aliphatic rings. The molecule has 0 aromatic heterocycles. The number of amides is 2. The first-order valence-electron chi connectivity index (χ1n) is 7.15. The summed E-state index contributed by atoms with van der Waals surface area (Å²) in [4.78, 5) is 24.8. The summed E-state index contributed by atoms with van der Waals surface area (Å²) in [6.07, 6.45) is 2.92. The second-order valence-corrected chi connectivity index (χ2v) is 5.86. The molecule has 6 nitrogen and oxygen atoms in total. The van der Waals surface area contributed by atoms with E-state index in [1.54, 1.807) is 12.0 Å². The van der Waals surface area contributed by atoms with Gasteiger partial charge in [-0.1, -0.05) is 6.42 Å². The summed E-state index contributed by atoms with van der Waals surface area (Å²) in [5.74, 6) is -0.793. The van der Waals surface area contributed by atoms with Gasteiger partial charge in [-0.3, -0.25) is 4.79 Å². The van der Waals surface area contributed by atoms with E-state index in [1.807, 2.05) is 13.8 Å². The third kappa shape index (κ3) is 4.67. The minimum Gasteiger partial charge on any atom is -0.481 e. The monoisotopic (exact) mass is 286 g/mol. The summed E-state index contributed by atoms with van der Waals surface area (Å²) in [6, 6.07) is -0.0596. The predicted molar refractivity (Wildman–Crippen MR) is 75.7 cm³/mol. The molecule has 0 atom stereocenters. The molecule has 1 aliphatic carbocycles. The standard InChI is InChI=1S/C14H26N2O4/c1-11(2)16(7-8-20-3)13(19)15-10-14(5-4-6-14)9-12(17)18/h11H,4-10H2,1-3H3,(H,15,19)(H,17,18). The smallest absolute Gasteiger partial charge is 0.317 e. The zero-order valence-corrected chi connectivity index (χ0v) is 12.6. The van der Waals surface area contributed by atoms with Gasteiger partial charge < -0.3 is 20.1 Å². The summed E-state index contributed by atoms with van der Waals surface area (Å²) < 4.78 is 5.00. The van der Waals surface area contributed by atoms with Crippen LogP contribution in [0.4, 0.5) is 4.79 Å². The molecule has 20 heavy (non-hydrogen) atoms. The summed E-state index contributed by atoms with van der Waals surface area (Å²) in [5, 5.41) is 11.8. The van der Waals surface area contributed by atoms with Crippen molar-refractivity contribution in [1.29, 1.82) is 0 Å². The van der Waals surface area contributed by atoms with Crippen molar-refractivity contribution in [2.24, 2.45) is 5.41 Å². The van der Waals surface area contributed by atoms with Crippen LogP contribution in [0.1, 0.15) is 39.5 Å². The van der Waals surface area contributed by atoms with Crippen molar-refractivity contribution in [1.82, 2.24) is 10.2 Å². The molecule has 0 bridgehead atoms. The topological polar surface area (TPSA) is 78.9 Å². The van der Waals surface area contributed by atoms with E-state index in [-0.39, 0.29) is 23.9 Å². The van der Waals surface area contributed by atoms with Crippen molar-refractivity contribution in [2.75, 3.05) is 26.8 Å². The van der Waals surface area contributed by atoms with Crippen LogP contribution in [0.2, 0.25) is 0 Å². The first kappa shape index (κ1) is 16.8. The lowest BCUT2D eigenvalue weighted by molar-refractivity contribution is -0.141. The van der Waals surface area contributed by atoms with Gasteiger partial charge in [-0.25, -0.2) is 4.79 Å². The Morgan fingerprint density at radius 3 is 2.45 bits per heavy atom. The molecule has 116 valence electrons. The number of hydrogen-bond acceptors (Lipinski definition) is 3. The zero-order chi connectivity index (χ0) is 15.2. The minimum atomic E-state index is -0.793. The molecule has 2 amide bonds. The molecule has 0 saturated heterocycles. The molecule has 0 radical (unpaired) electrons. The fourth-order valence-electron chi connectivity index (χ4n) is 2.56. The average Bonchev–Trinajstić information content (AvgIpc) is 2.32. The van der Waals surface area contributed by atoms with Gasteiger partial charge in [0.05, 0.1) is 13.0 Å². The van der Waals surface area contributed by atoms with E-state index < -0.39 is 5.97 Å². The summed E-state index contributed by atoms with van der Waals surface area (Å²) in [5.41, 5.74) is -0.245. The Balaban J connectivity index is 2.49. The maximum atomic E-state index is 12.2. The molecule has 0 aromatic carbocycles. The average molecular weight is 286 g/mol. The Labute approximate surface area is 120 Å². The molecule has 0 aromatic rings. The largest absolute Gasteiger partial charge is 0.481 e. The van der Waals surface area contributed by atoms with Crippen LogP contribution >= 0.6 is 0 Å². The van der Waals surface area contributed by atoms with Crippen LogP contribution in [0, 0.1) is 5.41 Å². The van der Waals surface area contributed by atoms with Crippen molar-refractivity contribution in [3.63, 3.8) is 0 Å². The van der Waals surface area contributed by atoms with Crippen molar-refractivity contribution < 1.29 is 19.4 Å². The number of methoxy groups -OCH3 is 1. The van der Waals surface area contributed by atoms with E-state index in [9.17, 15) is 9.59 Å². The lowest BCUT2D eigenvalue weighted by Crippen LogP contribution is -2.50. The van der Waals surface area contributed by atoms with E-state index in [0.29, 0.717) is 19.7 Å². The number of ether oxygens (including phenoxy) is 1. The maximum absolute atomic E-state index is 12.2. The first-order valence-corrected chi connectivity index (χ1v) is 7.15. The van der Waals surface area contributed by atoms with Gasteiger partial charge in [0.2, 0.25) is 0 Å². The molecule has 6 heteroatoms. The van der Waals surface area contributed by atoms with E-state index in [2.05, 4.69) is 5.32 Å². The van der Waals surface area contributed by atoms with E-state index in [4.69, 9.17) is 9.84 Å². The van der Waals surface area contributed by atoms with Gasteiger partial charge in [-0.15, -0.1) is 0 Å². The predicted octanol–water partition coefficient (Wildman–Crippen LogP) is 1.70. The fourth-order valence-corrected chi connectivity index (χ4v) is 2.56. The van der Waals surface area contributed by atoms with Gasteiger partial charge in [0.25, 0.3) is 0 Å². The Morgan fingerprint density at radius 2 is 2.05 bits per heavy atom. The van der Waals surface area contributed by atoms with Gasteiger partial charge in [0, 0.05) is 26.2 Å². The van der Waals surface area contributed by atoms with Gasteiger partial charge >= 0.3 is 12.0 Å². The summed E-state index contributed by atoms with van der Waals surface area (Å²) in [6.45, 7) is 5.36. The normalized spacial score (nSPS) is 16.6. The Bertz CT molecular complexity index is 340. The number of nitrogens with one attached hydrogen (secondary N) is 1. The highest BCUT2D eigenvalue weighted by molar-refractivity contribution is 5.74. The number of urea groups is 1. The molecular formula is C14H26N2O4. The van der Waals surface area contributed by atoms with Gasteiger partial charge in [0.15, 0.2) is 0 Å². The van der Waals surface area contributed by atoms with Crippen molar-refractivity contribution in [3.8, 4) is 0 Å². The third-order valence-electron chi connectivity index (χ3n) is 3.98. The van der Waals surface area contributed by atoms with Crippen molar-refractivity contribution in [2.45, 2.75) is 45.6 Å². The number of carboxylic acid groups (broad SMARTS) is 1. The molecule has 0 aliphatic heterocycles.